The first-order chi connectivity index (χ1) is 11.8. The van der Waals surface area contributed by atoms with E-state index in [1.54, 1.807) is 0 Å². The predicted molar refractivity (Wildman–Crippen MR) is 97.3 cm³/mol. The third-order valence-corrected chi connectivity index (χ3v) is 5.64. The number of rotatable bonds is 6. The molecule has 2 aromatic rings. The van der Waals surface area contributed by atoms with Crippen LogP contribution in [-0.4, -0.2) is 21.5 Å². The van der Waals surface area contributed by atoms with E-state index in [0.29, 0.717) is 6.42 Å². The Morgan fingerprint density at radius 1 is 1.20 bits per heavy atom. The lowest BCUT2D eigenvalue weighted by atomic mass is 10.0. The van der Waals surface area contributed by atoms with Gasteiger partial charge in [-0.25, -0.2) is 17.9 Å². The summed E-state index contributed by atoms with van der Waals surface area (Å²) >= 11 is 5.95. The number of carbonyl (C=O) groups is 1. The molecule has 25 heavy (non-hydrogen) atoms. The minimum Gasteiger partial charge on any atom is -0.465 e. The molecule has 1 N–H and O–H groups in total. The van der Waals surface area contributed by atoms with Crippen LogP contribution in [0.25, 0.3) is 0 Å². The second-order valence-corrected chi connectivity index (χ2v) is 7.75. The molecule has 7 heteroatoms. The maximum absolute atomic E-state index is 12.7. The lowest BCUT2D eigenvalue weighted by molar-refractivity contribution is 0.0600. The van der Waals surface area contributed by atoms with Crippen molar-refractivity contribution in [1.82, 2.24) is 4.72 Å². The van der Waals surface area contributed by atoms with E-state index in [1.165, 1.54) is 25.3 Å². The van der Waals surface area contributed by atoms with Gasteiger partial charge in [-0.15, -0.1) is 0 Å². The highest BCUT2D eigenvalue weighted by molar-refractivity contribution is 7.89. The second-order valence-electron chi connectivity index (χ2n) is 5.63. The van der Waals surface area contributed by atoms with E-state index in [4.69, 9.17) is 11.6 Å². The first-order valence-corrected chi connectivity index (χ1v) is 9.61. The Morgan fingerprint density at radius 3 is 2.40 bits per heavy atom. The number of hydrogen-bond donors (Lipinski definition) is 1. The van der Waals surface area contributed by atoms with Crippen LogP contribution in [0.15, 0.2) is 47.4 Å². The molecule has 0 unspecified atom stereocenters. The number of ether oxygens (including phenoxy) is 1. The molecule has 0 aliphatic heterocycles. The molecule has 0 heterocycles. The van der Waals surface area contributed by atoms with Gasteiger partial charge in [0.05, 0.1) is 22.6 Å². The monoisotopic (exact) mass is 381 g/mol. The van der Waals surface area contributed by atoms with Gasteiger partial charge in [0.2, 0.25) is 10.0 Å². The normalized spacial score (nSPS) is 12.6. The molecule has 1 atom stereocenters. The predicted octanol–water partition coefficient (Wildman–Crippen LogP) is 3.86. The number of esters is 1. The number of methoxy groups -OCH3 is 1. The van der Waals surface area contributed by atoms with Crippen LogP contribution in [0.2, 0.25) is 5.02 Å². The highest BCUT2D eigenvalue weighted by Crippen LogP contribution is 2.24. The average Bonchev–Trinajstić information content (AvgIpc) is 2.60. The molecule has 5 nitrogen and oxygen atoms in total. The van der Waals surface area contributed by atoms with E-state index < -0.39 is 16.0 Å². The van der Waals surface area contributed by atoms with Crippen molar-refractivity contribution in [3.05, 3.63) is 64.2 Å². The zero-order valence-corrected chi connectivity index (χ0v) is 15.8. The SMILES string of the molecule is CC[C@@H](NS(=O)(=O)c1ccc(Cl)c(C(=O)OC)c1)c1ccc(C)cc1. The average molecular weight is 382 g/mol. The summed E-state index contributed by atoms with van der Waals surface area (Å²) in [4.78, 5) is 11.7. The number of nitrogens with one attached hydrogen (secondary N) is 1. The molecule has 0 amide bonds. The first-order valence-electron chi connectivity index (χ1n) is 7.75. The molecule has 134 valence electrons. The Labute approximate surface area is 153 Å². The molecule has 0 saturated heterocycles. The second kappa shape index (κ2) is 7.99. The van der Waals surface area contributed by atoms with E-state index in [2.05, 4.69) is 9.46 Å². The Balaban J connectivity index is 2.34. The molecule has 0 radical (unpaired) electrons. The van der Waals surface area contributed by atoms with Crippen LogP contribution in [0.5, 0.6) is 0 Å². The Bertz CT molecular complexity index is 863. The number of carbonyl (C=O) groups excluding carboxylic acids is 1. The van der Waals surface area contributed by atoms with E-state index in [9.17, 15) is 13.2 Å². The van der Waals surface area contributed by atoms with Crippen LogP contribution >= 0.6 is 11.6 Å². The fraction of sp³-hybridized carbons (Fsp3) is 0.278. The Hall–Kier alpha value is -1.89. The molecular weight excluding hydrogens is 362 g/mol. The van der Waals surface area contributed by atoms with Crippen molar-refractivity contribution in [2.45, 2.75) is 31.2 Å². The quantitative estimate of drug-likeness (QED) is 0.771. The van der Waals surface area contributed by atoms with Crippen LogP contribution in [0.1, 0.15) is 40.9 Å². The van der Waals surface area contributed by atoms with Crippen molar-refractivity contribution in [1.29, 1.82) is 0 Å². The summed E-state index contributed by atoms with van der Waals surface area (Å²) in [5.41, 5.74) is 1.98. The number of halogens is 1. The lowest BCUT2D eigenvalue weighted by Crippen LogP contribution is -2.28. The largest absolute Gasteiger partial charge is 0.465 e. The molecule has 0 aliphatic rings. The standard InChI is InChI=1S/C18H20ClNO4S/c1-4-17(13-7-5-12(2)6-8-13)20-25(22,23)14-9-10-16(19)15(11-14)18(21)24-3/h5-11,17,20H,4H2,1-3H3/t17-/m1/s1. The Kier molecular flexibility index (Phi) is 6.21. The van der Waals surface area contributed by atoms with Crippen LogP contribution < -0.4 is 4.72 Å². The van der Waals surface area contributed by atoms with Crippen molar-refractivity contribution in [3.63, 3.8) is 0 Å². The maximum atomic E-state index is 12.7. The van der Waals surface area contributed by atoms with Crippen molar-refractivity contribution < 1.29 is 17.9 Å². The molecule has 0 bridgehead atoms. The molecule has 0 spiro atoms. The van der Waals surface area contributed by atoms with Gasteiger partial charge in [0.1, 0.15) is 0 Å². The number of hydrogen-bond acceptors (Lipinski definition) is 4. The molecule has 0 aromatic heterocycles. The van der Waals surface area contributed by atoms with Gasteiger partial charge in [-0.05, 0) is 37.1 Å². The molecule has 0 fully saturated rings. The highest BCUT2D eigenvalue weighted by atomic mass is 35.5. The van der Waals surface area contributed by atoms with Gasteiger partial charge in [-0.1, -0.05) is 48.4 Å². The summed E-state index contributed by atoms with van der Waals surface area (Å²) in [5.74, 6) is -0.687. The molecule has 2 aromatic carbocycles. The zero-order valence-electron chi connectivity index (χ0n) is 14.2. The summed E-state index contributed by atoms with van der Waals surface area (Å²) in [6.45, 7) is 3.87. The number of benzene rings is 2. The number of aryl methyl sites for hydroxylation is 1. The minimum atomic E-state index is -3.83. The maximum Gasteiger partial charge on any atom is 0.339 e. The van der Waals surface area contributed by atoms with E-state index >= 15 is 0 Å². The van der Waals surface area contributed by atoms with Gasteiger partial charge < -0.3 is 4.74 Å². The zero-order chi connectivity index (χ0) is 18.6. The van der Waals surface area contributed by atoms with Crippen LogP contribution in [0.4, 0.5) is 0 Å². The fourth-order valence-corrected chi connectivity index (χ4v) is 3.91. The lowest BCUT2D eigenvalue weighted by Gasteiger charge is -2.18. The van der Waals surface area contributed by atoms with E-state index in [1.807, 2.05) is 38.1 Å². The van der Waals surface area contributed by atoms with Crippen molar-refractivity contribution in [2.24, 2.45) is 0 Å². The van der Waals surface area contributed by atoms with Crippen LogP contribution in [0.3, 0.4) is 0 Å². The summed E-state index contributed by atoms with van der Waals surface area (Å²) in [5, 5.41) is 0.136. The van der Waals surface area contributed by atoms with Crippen molar-refractivity contribution in [3.8, 4) is 0 Å². The van der Waals surface area contributed by atoms with Crippen LogP contribution in [-0.2, 0) is 14.8 Å². The first kappa shape index (κ1) is 19.4. The summed E-state index contributed by atoms with van der Waals surface area (Å²) in [7, 11) is -2.62. The molecular formula is C18H20ClNO4S. The van der Waals surface area contributed by atoms with Crippen LogP contribution in [0, 0.1) is 6.92 Å². The molecule has 0 saturated carbocycles. The van der Waals surface area contributed by atoms with Gasteiger partial charge >= 0.3 is 5.97 Å². The minimum absolute atomic E-state index is 0.00965. The summed E-state index contributed by atoms with van der Waals surface area (Å²) < 4.78 is 32.7. The topological polar surface area (TPSA) is 72.5 Å². The van der Waals surface area contributed by atoms with Gasteiger partial charge in [0, 0.05) is 6.04 Å². The summed E-state index contributed by atoms with van der Waals surface area (Å²) in [6.07, 6.45) is 0.583. The van der Waals surface area contributed by atoms with E-state index in [-0.39, 0.29) is 21.5 Å². The number of sulfonamides is 1. The van der Waals surface area contributed by atoms with Gasteiger partial charge in [-0.3, -0.25) is 0 Å². The smallest absolute Gasteiger partial charge is 0.339 e. The van der Waals surface area contributed by atoms with Crippen molar-refractivity contribution >= 4 is 27.6 Å². The summed E-state index contributed by atoms with van der Waals surface area (Å²) in [6, 6.07) is 11.2. The molecule has 0 aliphatic carbocycles. The molecule has 2 rings (SSSR count). The third kappa shape index (κ3) is 4.60. The van der Waals surface area contributed by atoms with Gasteiger partial charge in [0.15, 0.2) is 0 Å². The Morgan fingerprint density at radius 2 is 1.84 bits per heavy atom. The van der Waals surface area contributed by atoms with E-state index in [0.717, 1.165) is 11.1 Å². The highest BCUT2D eigenvalue weighted by Gasteiger charge is 2.22. The van der Waals surface area contributed by atoms with Gasteiger partial charge in [-0.2, -0.15) is 0 Å². The fourth-order valence-electron chi connectivity index (χ4n) is 2.38. The third-order valence-electron chi connectivity index (χ3n) is 3.84. The van der Waals surface area contributed by atoms with Gasteiger partial charge in [0.25, 0.3) is 0 Å². The van der Waals surface area contributed by atoms with Crippen molar-refractivity contribution in [2.75, 3.05) is 7.11 Å².